The first-order valence-electron chi connectivity index (χ1n) is 5.52. The molecule has 1 rings (SSSR count). The molecule has 0 bridgehead atoms. The quantitative estimate of drug-likeness (QED) is 0.701. The molecule has 3 heteroatoms. The summed E-state index contributed by atoms with van der Waals surface area (Å²) in [5.41, 5.74) is 6.52. The zero-order chi connectivity index (χ0) is 10.9. The minimum absolute atomic E-state index is 0.781. The van der Waals surface area contributed by atoms with Crippen molar-refractivity contribution >= 4 is 17.3 Å². The number of nitrogens with one attached hydrogen (secondary N) is 1. The summed E-state index contributed by atoms with van der Waals surface area (Å²) >= 11 is 5.87. The molecule has 1 aromatic rings. The van der Waals surface area contributed by atoms with Crippen LogP contribution in [0.3, 0.4) is 0 Å². The highest BCUT2D eigenvalue weighted by Crippen LogP contribution is 2.14. The predicted octanol–water partition coefficient (Wildman–Crippen LogP) is 3.27. The molecule has 3 N–H and O–H groups in total. The molecule has 0 heterocycles. The molecule has 15 heavy (non-hydrogen) atoms. The number of nitrogens with two attached hydrogens (primary N) is 1. The molecule has 0 saturated heterocycles. The summed E-state index contributed by atoms with van der Waals surface area (Å²) in [4.78, 5) is 0. The maximum Gasteiger partial charge on any atom is 0.0426 e. The number of rotatable bonds is 7. The molecule has 0 atom stereocenters. The molecule has 0 amide bonds. The minimum atomic E-state index is 0.781. The summed E-state index contributed by atoms with van der Waals surface area (Å²) in [6.45, 7) is 1.81. The van der Waals surface area contributed by atoms with E-state index < -0.39 is 0 Å². The summed E-state index contributed by atoms with van der Waals surface area (Å²) in [7, 11) is 0. The van der Waals surface area contributed by atoms with Crippen molar-refractivity contribution in [3.63, 3.8) is 0 Å². The van der Waals surface area contributed by atoms with E-state index in [9.17, 15) is 0 Å². The number of hydrogen-bond acceptors (Lipinski definition) is 2. The van der Waals surface area contributed by atoms with Crippen LogP contribution >= 0.6 is 11.6 Å². The van der Waals surface area contributed by atoms with Crippen molar-refractivity contribution in [3.05, 3.63) is 29.3 Å². The molecule has 1 aromatic carbocycles. The van der Waals surface area contributed by atoms with Crippen molar-refractivity contribution in [2.75, 3.05) is 18.4 Å². The van der Waals surface area contributed by atoms with Gasteiger partial charge in [-0.05, 0) is 37.6 Å². The second kappa shape index (κ2) is 7.55. The van der Waals surface area contributed by atoms with Crippen LogP contribution in [0, 0.1) is 0 Å². The normalized spacial score (nSPS) is 10.3. The largest absolute Gasteiger partial charge is 0.385 e. The van der Waals surface area contributed by atoms with E-state index in [4.69, 9.17) is 17.3 Å². The van der Waals surface area contributed by atoms with Crippen molar-refractivity contribution in [3.8, 4) is 0 Å². The van der Waals surface area contributed by atoms with Crippen LogP contribution in [0.25, 0.3) is 0 Å². The third-order valence-electron chi connectivity index (χ3n) is 2.28. The Kier molecular flexibility index (Phi) is 6.21. The van der Waals surface area contributed by atoms with Crippen LogP contribution in [-0.2, 0) is 0 Å². The SMILES string of the molecule is NCCCCCCNc1cccc(Cl)c1. The number of halogens is 1. The Morgan fingerprint density at radius 2 is 1.93 bits per heavy atom. The van der Waals surface area contributed by atoms with E-state index in [0.29, 0.717) is 0 Å². The van der Waals surface area contributed by atoms with Gasteiger partial charge in [0, 0.05) is 17.3 Å². The van der Waals surface area contributed by atoms with Gasteiger partial charge in [0.15, 0.2) is 0 Å². The summed E-state index contributed by atoms with van der Waals surface area (Å²) in [5, 5.41) is 4.13. The Balaban J connectivity index is 2.10. The Hall–Kier alpha value is -0.730. The van der Waals surface area contributed by atoms with Crippen LogP contribution in [-0.4, -0.2) is 13.1 Å². The molecule has 0 radical (unpaired) electrons. The smallest absolute Gasteiger partial charge is 0.0426 e. The van der Waals surface area contributed by atoms with E-state index in [1.54, 1.807) is 0 Å². The van der Waals surface area contributed by atoms with Crippen LogP contribution in [0.1, 0.15) is 25.7 Å². The highest BCUT2D eigenvalue weighted by Gasteiger charge is 1.93. The molecular formula is C12H19ClN2. The first-order chi connectivity index (χ1) is 7.33. The lowest BCUT2D eigenvalue weighted by Crippen LogP contribution is -2.02. The van der Waals surface area contributed by atoms with Gasteiger partial charge in [-0.25, -0.2) is 0 Å². The summed E-state index contributed by atoms with van der Waals surface area (Å²) in [6, 6.07) is 7.82. The molecule has 0 fully saturated rings. The van der Waals surface area contributed by atoms with E-state index in [-0.39, 0.29) is 0 Å². The fraction of sp³-hybridized carbons (Fsp3) is 0.500. The minimum Gasteiger partial charge on any atom is -0.385 e. The Bertz CT molecular complexity index is 276. The molecule has 0 saturated carbocycles. The van der Waals surface area contributed by atoms with E-state index in [0.717, 1.165) is 30.2 Å². The van der Waals surface area contributed by atoms with Crippen LogP contribution in [0.4, 0.5) is 5.69 Å². The molecule has 0 aliphatic heterocycles. The molecule has 0 aliphatic carbocycles. The van der Waals surface area contributed by atoms with Gasteiger partial charge >= 0.3 is 0 Å². The average Bonchev–Trinajstić information content (AvgIpc) is 2.23. The summed E-state index contributed by atoms with van der Waals surface area (Å²) in [5.74, 6) is 0. The van der Waals surface area contributed by atoms with Gasteiger partial charge in [-0.15, -0.1) is 0 Å². The topological polar surface area (TPSA) is 38.0 Å². The molecule has 2 nitrogen and oxygen atoms in total. The lowest BCUT2D eigenvalue weighted by molar-refractivity contribution is 0.661. The third kappa shape index (κ3) is 5.65. The fourth-order valence-electron chi connectivity index (χ4n) is 1.45. The van der Waals surface area contributed by atoms with Gasteiger partial charge in [0.05, 0.1) is 0 Å². The van der Waals surface area contributed by atoms with Crippen molar-refractivity contribution in [2.24, 2.45) is 5.73 Å². The van der Waals surface area contributed by atoms with Gasteiger partial charge in [-0.2, -0.15) is 0 Å². The van der Waals surface area contributed by atoms with Crippen molar-refractivity contribution in [2.45, 2.75) is 25.7 Å². The number of anilines is 1. The van der Waals surface area contributed by atoms with E-state index >= 15 is 0 Å². The van der Waals surface area contributed by atoms with Crippen LogP contribution in [0.5, 0.6) is 0 Å². The first-order valence-corrected chi connectivity index (χ1v) is 5.90. The molecule has 0 aromatic heterocycles. The third-order valence-corrected chi connectivity index (χ3v) is 2.52. The Morgan fingerprint density at radius 1 is 1.13 bits per heavy atom. The highest BCUT2D eigenvalue weighted by atomic mass is 35.5. The molecule has 0 aliphatic rings. The van der Waals surface area contributed by atoms with Crippen LogP contribution in [0.15, 0.2) is 24.3 Å². The Morgan fingerprint density at radius 3 is 2.67 bits per heavy atom. The van der Waals surface area contributed by atoms with E-state index in [1.165, 1.54) is 19.3 Å². The second-order valence-corrected chi connectivity index (χ2v) is 4.08. The van der Waals surface area contributed by atoms with E-state index in [2.05, 4.69) is 5.32 Å². The molecular weight excluding hydrogens is 208 g/mol. The lowest BCUT2D eigenvalue weighted by Gasteiger charge is -2.06. The zero-order valence-corrected chi connectivity index (χ0v) is 9.76. The number of unbranched alkanes of at least 4 members (excludes halogenated alkanes) is 3. The number of benzene rings is 1. The van der Waals surface area contributed by atoms with Crippen molar-refractivity contribution in [1.29, 1.82) is 0 Å². The Labute approximate surface area is 96.8 Å². The van der Waals surface area contributed by atoms with Gasteiger partial charge in [0.25, 0.3) is 0 Å². The molecule has 0 spiro atoms. The maximum atomic E-state index is 5.87. The van der Waals surface area contributed by atoms with Crippen LogP contribution in [0.2, 0.25) is 5.02 Å². The maximum absolute atomic E-state index is 5.87. The first kappa shape index (κ1) is 12.3. The summed E-state index contributed by atoms with van der Waals surface area (Å²) in [6.07, 6.45) is 4.79. The van der Waals surface area contributed by atoms with Gasteiger partial charge in [0.1, 0.15) is 0 Å². The second-order valence-electron chi connectivity index (χ2n) is 3.64. The summed E-state index contributed by atoms with van der Waals surface area (Å²) < 4.78 is 0. The molecule has 0 unspecified atom stereocenters. The standard InChI is InChI=1S/C12H19ClN2/c13-11-6-5-7-12(10-11)15-9-4-2-1-3-8-14/h5-7,10,15H,1-4,8-9,14H2. The fourth-order valence-corrected chi connectivity index (χ4v) is 1.64. The zero-order valence-electron chi connectivity index (χ0n) is 9.01. The van der Waals surface area contributed by atoms with Gasteiger partial charge in [-0.1, -0.05) is 30.5 Å². The van der Waals surface area contributed by atoms with Crippen molar-refractivity contribution < 1.29 is 0 Å². The van der Waals surface area contributed by atoms with Gasteiger partial charge in [-0.3, -0.25) is 0 Å². The van der Waals surface area contributed by atoms with Gasteiger partial charge < -0.3 is 11.1 Å². The average molecular weight is 227 g/mol. The lowest BCUT2D eigenvalue weighted by atomic mass is 10.2. The van der Waals surface area contributed by atoms with Crippen molar-refractivity contribution in [1.82, 2.24) is 0 Å². The monoisotopic (exact) mass is 226 g/mol. The van der Waals surface area contributed by atoms with Crippen LogP contribution < -0.4 is 11.1 Å². The molecule has 84 valence electrons. The van der Waals surface area contributed by atoms with E-state index in [1.807, 2.05) is 24.3 Å². The number of hydrogen-bond donors (Lipinski definition) is 2. The highest BCUT2D eigenvalue weighted by molar-refractivity contribution is 6.30. The predicted molar refractivity (Wildman–Crippen MR) is 67.5 cm³/mol. The van der Waals surface area contributed by atoms with Gasteiger partial charge in [0.2, 0.25) is 0 Å².